The largest absolute Gasteiger partial charge is 0.462 e. The zero-order valence-corrected chi connectivity index (χ0v) is 24.1. The van der Waals surface area contributed by atoms with Crippen LogP contribution in [0.15, 0.2) is 41.1 Å². The summed E-state index contributed by atoms with van der Waals surface area (Å²) in [5.74, 6) is -2.16. The number of primary amides is 1. The lowest BCUT2D eigenvalue weighted by atomic mass is 10.1. The molecular weight excluding hydrogens is 630 g/mol. The quantitative estimate of drug-likeness (QED) is 0.173. The van der Waals surface area contributed by atoms with Gasteiger partial charge in [-0.15, -0.1) is 0 Å². The highest BCUT2D eigenvalue weighted by atomic mass is 79.9. The molecule has 1 aliphatic rings. The van der Waals surface area contributed by atoms with E-state index in [0.29, 0.717) is 0 Å². The number of ether oxygens (including phenoxy) is 3. The highest BCUT2D eigenvalue weighted by Crippen LogP contribution is 2.47. The van der Waals surface area contributed by atoms with Crippen LogP contribution in [0.2, 0.25) is 0 Å². The summed E-state index contributed by atoms with van der Waals surface area (Å²) in [6.45, 7) is 3.91. The summed E-state index contributed by atoms with van der Waals surface area (Å²) in [4.78, 5) is 31.6. The average molecular weight is 656 g/mol. The molecule has 214 valence electrons. The van der Waals surface area contributed by atoms with Gasteiger partial charge in [-0.2, -0.15) is 5.09 Å². The first-order chi connectivity index (χ1) is 18.2. The fraction of sp³-hybridized carbons (Fsp3) is 0.455. The highest BCUT2D eigenvalue weighted by Gasteiger charge is 2.59. The van der Waals surface area contributed by atoms with Crippen molar-refractivity contribution in [2.75, 3.05) is 6.61 Å². The van der Waals surface area contributed by atoms with Crippen molar-refractivity contribution < 1.29 is 46.9 Å². The number of aliphatic hydroxyl groups is 1. The lowest BCUT2D eigenvalue weighted by molar-refractivity contribution is -0.149. The van der Waals surface area contributed by atoms with E-state index in [-0.39, 0.29) is 10.4 Å². The number of aromatic nitrogens is 2. The Kier molecular flexibility index (Phi) is 10.3. The van der Waals surface area contributed by atoms with Crippen LogP contribution in [0, 0.1) is 0 Å². The number of carbonyl (C=O) groups excluding carboxylic acids is 2. The predicted molar refractivity (Wildman–Crippen MR) is 138 cm³/mol. The monoisotopic (exact) mass is 654 g/mol. The van der Waals surface area contributed by atoms with Crippen molar-refractivity contribution in [3.05, 3.63) is 46.8 Å². The minimum absolute atomic E-state index is 0.122. The van der Waals surface area contributed by atoms with Crippen molar-refractivity contribution in [2.45, 2.75) is 56.5 Å². The third-order valence-corrected chi connectivity index (χ3v) is 7.38. The molecule has 1 aliphatic heterocycles. The number of nitrogens with zero attached hydrogens (tertiary/aromatic N) is 2. The van der Waals surface area contributed by atoms with E-state index in [1.165, 1.54) is 19.1 Å². The number of rotatable bonds is 12. The lowest BCUT2D eigenvalue weighted by Crippen LogP contribution is -2.42. The Morgan fingerprint density at radius 3 is 2.62 bits per heavy atom. The molecule has 1 unspecified atom stereocenters. The van der Waals surface area contributed by atoms with Gasteiger partial charge in [0.05, 0.1) is 18.9 Å². The molecule has 0 bridgehead atoms. The Labute approximate surface area is 236 Å². The van der Waals surface area contributed by atoms with Gasteiger partial charge in [0.25, 0.3) is 17.3 Å². The van der Waals surface area contributed by atoms with E-state index in [4.69, 9.17) is 40.6 Å². The van der Waals surface area contributed by atoms with Gasteiger partial charge in [-0.3, -0.25) is 14.1 Å². The van der Waals surface area contributed by atoms with Crippen LogP contribution in [0.3, 0.4) is 0 Å². The maximum atomic E-state index is 15.3. The van der Waals surface area contributed by atoms with Gasteiger partial charge >= 0.3 is 13.7 Å². The zero-order valence-electron chi connectivity index (χ0n) is 20.8. The molecule has 0 saturated carbocycles. The molecule has 0 aliphatic carbocycles. The third-order valence-electron chi connectivity index (χ3n) is 4.96. The fourth-order valence-electron chi connectivity index (χ4n) is 3.16. The summed E-state index contributed by atoms with van der Waals surface area (Å²) in [6.07, 6.45) is -4.93. The van der Waals surface area contributed by atoms with Gasteiger partial charge < -0.3 is 29.6 Å². The van der Waals surface area contributed by atoms with Crippen LogP contribution in [0.25, 0.3) is 0 Å². The molecule has 2 heterocycles. The van der Waals surface area contributed by atoms with Gasteiger partial charge in [-0.25, -0.2) is 18.9 Å². The first-order valence-electron chi connectivity index (χ1n) is 11.4. The number of nitrogens with one attached hydrogen (secondary N) is 1. The third kappa shape index (κ3) is 8.07. The molecule has 0 radical (unpaired) electrons. The molecule has 39 heavy (non-hydrogen) atoms. The fourth-order valence-corrected chi connectivity index (χ4v) is 5.18. The summed E-state index contributed by atoms with van der Waals surface area (Å²) >= 11 is 8.89. The summed E-state index contributed by atoms with van der Waals surface area (Å²) in [5.41, 5.74) is 4.81. The number of esters is 1. The Balaban J connectivity index is 1.77. The van der Waals surface area contributed by atoms with E-state index in [1.807, 2.05) is 0 Å². The Hall–Kier alpha value is -2.39. The topological polar surface area (TPSA) is 181 Å². The van der Waals surface area contributed by atoms with Gasteiger partial charge in [-0.05, 0) is 48.8 Å². The van der Waals surface area contributed by atoms with Crippen LogP contribution in [0.1, 0.15) is 31.3 Å². The molecule has 4 N–H and O–H groups in total. The van der Waals surface area contributed by atoms with E-state index >= 15 is 4.39 Å². The molecule has 3 rings (SSSR count). The van der Waals surface area contributed by atoms with Crippen LogP contribution in [-0.2, 0) is 23.4 Å². The molecule has 1 amide bonds. The maximum absolute atomic E-state index is 15.3. The number of alkyl halides is 2. The van der Waals surface area contributed by atoms with Gasteiger partial charge in [-0.1, -0.05) is 29.8 Å². The van der Waals surface area contributed by atoms with Crippen LogP contribution in [0.5, 0.6) is 11.6 Å². The molecule has 0 spiro atoms. The second kappa shape index (κ2) is 12.9. The Morgan fingerprint density at radius 1 is 1.33 bits per heavy atom. The van der Waals surface area contributed by atoms with Crippen molar-refractivity contribution in [3.63, 3.8) is 0 Å². The molecule has 1 aromatic heterocycles. The molecule has 1 saturated heterocycles. The normalized spacial score (nSPS) is 25.1. The van der Waals surface area contributed by atoms with Crippen LogP contribution >= 0.6 is 35.3 Å². The molecule has 2 aromatic rings. The number of amides is 1. The second-order valence-electron chi connectivity index (χ2n) is 8.49. The molecule has 6 atom stereocenters. The van der Waals surface area contributed by atoms with Crippen molar-refractivity contribution in [1.29, 1.82) is 0 Å². The van der Waals surface area contributed by atoms with Crippen LogP contribution in [0.4, 0.5) is 4.39 Å². The zero-order chi connectivity index (χ0) is 29.0. The first kappa shape index (κ1) is 31.1. The minimum Gasteiger partial charge on any atom is -0.462 e. The second-order valence-corrected chi connectivity index (χ2v) is 11.6. The molecule has 17 heteroatoms. The van der Waals surface area contributed by atoms with E-state index in [0.717, 1.165) is 6.20 Å². The van der Waals surface area contributed by atoms with Gasteiger partial charge in [0, 0.05) is 0 Å². The summed E-state index contributed by atoms with van der Waals surface area (Å²) < 4.78 is 55.7. The van der Waals surface area contributed by atoms with Gasteiger partial charge in [0.15, 0.2) is 5.69 Å². The van der Waals surface area contributed by atoms with Crippen molar-refractivity contribution >= 4 is 47.2 Å². The Morgan fingerprint density at radius 2 is 2.00 bits per heavy atom. The van der Waals surface area contributed by atoms with Crippen LogP contribution < -0.4 is 20.1 Å². The number of aliphatic hydroxyl groups excluding tert-OH is 1. The number of para-hydroxylation sites is 1. The minimum atomic E-state index is -4.37. The van der Waals surface area contributed by atoms with E-state index < -0.39 is 73.6 Å². The maximum Gasteiger partial charge on any atom is 0.459 e. The summed E-state index contributed by atoms with van der Waals surface area (Å²) in [6, 6.07) is 6.74. The molecule has 1 fully saturated rings. The van der Waals surface area contributed by atoms with Gasteiger partial charge in [0.2, 0.25) is 5.88 Å². The SMILES string of the molecule is CC(C)OC(=O)C(C)N[P@@](=O)(OC[C@H]1O[C@@H](Oc2ncc(Br)nc2C(N)=O)[C@@](F)(Cl)[C@@H]1O)Oc1ccccc1. The summed E-state index contributed by atoms with van der Waals surface area (Å²) in [5, 5.41) is 9.88. The van der Waals surface area contributed by atoms with Crippen molar-refractivity contribution in [2.24, 2.45) is 5.73 Å². The number of nitrogens with two attached hydrogens (primary N) is 1. The van der Waals surface area contributed by atoms with E-state index in [2.05, 4.69) is 31.0 Å². The smallest absolute Gasteiger partial charge is 0.459 e. The predicted octanol–water partition coefficient (Wildman–Crippen LogP) is 2.84. The lowest BCUT2D eigenvalue weighted by Gasteiger charge is -2.25. The number of hydrogen-bond donors (Lipinski definition) is 3. The first-order valence-corrected chi connectivity index (χ1v) is 14.1. The van der Waals surface area contributed by atoms with Crippen molar-refractivity contribution in [3.8, 4) is 11.6 Å². The average Bonchev–Trinajstić information content (AvgIpc) is 3.06. The number of halogens is 3. The summed E-state index contributed by atoms with van der Waals surface area (Å²) in [7, 11) is -4.37. The molecule has 1 aromatic carbocycles. The molecule has 13 nitrogen and oxygen atoms in total. The van der Waals surface area contributed by atoms with Gasteiger partial charge in [0.1, 0.15) is 28.6 Å². The standard InChI is InChI=1S/C22H26BrClFN4O9P/c1-11(2)35-20(32)12(3)29-39(33,38-13-7-5-4-6-8-13)34-10-14-17(30)22(24,25)21(36-14)37-19-16(18(26)31)28-15(23)9-27-19/h4-9,11-12,14,17,21,30H,10H2,1-3H3,(H2,26,31)(H,29,33)/t12?,14-,17-,21+,22-,39-/m1/s1. The molecular formula is C22H26BrClFN4O9P. The number of benzene rings is 1. The number of hydrogen-bond acceptors (Lipinski definition) is 11. The van der Waals surface area contributed by atoms with E-state index in [1.54, 1.807) is 32.0 Å². The highest BCUT2D eigenvalue weighted by molar-refractivity contribution is 9.10. The van der Waals surface area contributed by atoms with E-state index in [9.17, 15) is 19.3 Å². The van der Waals surface area contributed by atoms with Crippen molar-refractivity contribution in [1.82, 2.24) is 15.1 Å². The Bertz CT molecular complexity index is 1230. The van der Waals surface area contributed by atoms with Crippen LogP contribution in [-0.4, -0.2) is 69.3 Å². The number of carbonyl (C=O) groups is 2.